The summed E-state index contributed by atoms with van der Waals surface area (Å²) in [6, 6.07) is 0.286. The number of aromatic nitrogens is 2. The van der Waals surface area contributed by atoms with E-state index in [2.05, 4.69) is 51.5 Å². The summed E-state index contributed by atoms with van der Waals surface area (Å²) in [4.78, 5) is 14.4. The third kappa shape index (κ3) is 2.44. The van der Waals surface area contributed by atoms with Crippen molar-refractivity contribution in [1.29, 1.82) is 0 Å². The Labute approximate surface area is 128 Å². The molecule has 1 unspecified atom stereocenters. The van der Waals surface area contributed by atoms with E-state index in [1.54, 1.807) is 0 Å². The van der Waals surface area contributed by atoms with Gasteiger partial charge in [0, 0.05) is 38.1 Å². The molecule has 0 aliphatic carbocycles. The molecule has 1 aromatic heterocycles. The number of halogens is 1. The van der Waals surface area contributed by atoms with Crippen LogP contribution in [0.25, 0.3) is 0 Å². The molecule has 4 rings (SSSR count). The molecule has 2 bridgehead atoms. The number of nitrogen functional groups attached to an aromatic ring is 1. The number of hydrogen-bond donors (Lipinski definition) is 1. The van der Waals surface area contributed by atoms with Crippen LogP contribution in [0.5, 0.6) is 0 Å². The van der Waals surface area contributed by atoms with E-state index in [0.29, 0.717) is 5.82 Å². The predicted octanol–water partition coefficient (Wildman–Crippen LogP) is 1.79. The van der Waals surface area contributed by atoms with Crippen LogP contribution in [0.3, 0.4) is 0 Å². The second-order valence-electron chi connectivity index (χ2n) is 6.73. The van der Waals surface area contributed by atoms with Crippen molar-refractivity contribution < 1.29 is 0 Å². The molecule has 1 aromatic rings. The van der Waals surface area contributed by atoms with Gasteiger partial charge in [-0.1, -0.05) is 20.8 Å². The standard InChI is InChI=1S/C14H22BrN5/c1-14(2,3)11-10(15)12(16)18-13(17-11)9-8-19-4-6-20(9)7-5-19/h9H,4-8H2,1-3H3,(H2,16,17,18). The van der Waals surface area contributed by atoms with E-state index in [1.807, 2.05) is 0 Å². The predicted molar refractivity (Wildman–Crippen MR) is 83.6 cm³/mol. The number of anilines is 1. The lowest BCUT2D eigenvalue weighted by Crippen LogP contribution is -2.57. The van der Waals surface area contributed by atoms with Crippen LogP contribution in [0, 0.1) is 0 Å². The molecule has 3 saturated heterocycles. The monoisotopic (exact) mass is 339 g/mol. The number of nitrogens with two attached hydrogens (primary N) is 1. The number of fused-ring (bicyclic) bond motifs is 3. The van der Waals surface area contributed by atoms with Gasteiger partial charge in [0.2, 0.25) is 0 Å². The van der Waals surface area contributed by atoms with Crippen LogP contribution in [0.4, 0.5) is 5.82 Å². The molecule has 3 aliphatic heterocycles. The number of rotatable bonds is 1. The van der Waals surface area contributed by atoms with Crippen LogP contribution in [-0.2, 0) is 5.41 Å². The van der Waals surface area contributed by atoms with Crippen LogP contribution < -0.4 is 5.73 Å². The highest BCUT2D eigenvalue weighted by atomic mass is 79.9. The van der Waals surface area contributed by atoms with Gasteiger partial charge in [0.05, 0.1) is 16.2 Å². The fourth-order valence-electron chi connectivity index (χ4n) is 2.99. The topological polar surface area (TPSA) is 58.3 Å². The van der Waals surface area contributed by atoms with Crippen LogP contribution in [-0.4, -0.2) is 52.5 Å². The van der Waals surface area contributed by atoms with Crippen LogP contribution in [0.15, 0.2) is 4.47 Å². The van der Waals surface area contributed by atoms with Crippen LogP contribution in [0.1, 0.15) is 38.3 Å². The lowest BCUT2D eigenvalue weighted by atomic mass is 9.91. The molecule has 2 N–H and O–H groups in total. The first-order valence-corrected chi connectivity index (χ1v) is 7.95. The first-order valence-electron chi connectivity index (χ1n) is 7.16. The van der Waals surface area contributed by atoms with Gasteiger partial charge in [-0.05, 0) is 15.9 Å². The fourth-order valence-corrected chi connectivity index (χ4v) is 3.76. The first-order chi connectivity index (χ1) is 9.36. The summed E-state index contributed by atoms with van der Waals surface area (Å²) in [7, 11) is 0. The highest BCUT2D eigenvalue weighted by molar-refractivity contribution is 9.10. The molecule has 1 atom stereocenters. The molecular weight excluding hydrogens is 318 g/mol. The second kappa shape index (κ2) is 4.93. The lowest BCUT2D eigenvalue weighted by Gasteiger charge is -2.46. The molecule has 6 heteroatoms. The van der Waals surface area contributed by atoms with Crippen LogP contribution in [0.2, 0.25) is 0 Å². The maximum absolute atomic E-state index is 6.09. The highest BCUT2D eigenvalue weighted by Gasteiger charge is 2.35. The molecule has 5 nitrogen and oxygen atoms in total. The van der Waals surface area contributed by atoms with Gasteiger partial charge in [-0.2, -0.15) is 0 Å². The van der Waals surface area contributed by atoms with Crippen molar-refractivity contribution in [3.05, 3.63) is 16.0 Å². The molecule has 3 aliphatic rings. The summed E-state index contributed by atoms with van der Waals surface area (Å²) in [5, 5.41) is 0. The van der Waals surface area contributed by atoms with Gasteiger partial charge < -0.3 is 5.73 Å². The average molecular weight is 340 g/mol. The molecule has 0 aromatic carbocycles. The number of hydrogen-bond acceptors (Lipinski definition) is 5. The van der Waals surface area contributed by atoms with Crippen molar-refractivity contribution in [2.45, 2.75) is 32.2 Å². The van der Waals surface area contributed by atoms with E-state index in [9.17, 15) is 0 Å². The summed E-state index contributed by atoms with van der Waals surface area (Å²) >= 11 is 3.54. The second-order valence-corrected chi connectivity index (χ2v) is 7.53. The Balaban J connectivity index is 2.00. The van der Waals surface area contributed by atoms with E-state index < -0.39 is 0 Å². The van der Waals surface area contributed by atoms with Crippen molar-refractivity contribution in [2.75, 3.05) is 38.5 Å². The van der Waals surface area contributed by atoms with E-state index in [-0.39, 0.29) is 11.5 Å². The van der Waals surface area contributed by atoms with Gasteiger partial charge in [0.15, 0.2) is 0 Å². The van der Waals surface area contributed by atoms with Gasteiger partial charge in [-0.3, -0.25) is 9.80 Å². The highest BCUT2D eigenvalue weighted by Crippen LogP contribution is 2.34. The quantitative estimate of drug-likeness (QED) is 0.845. The minimum absolute atomic E-state index is 0.0477. The van der Waals surface area contributed by atoms with Gasteiger partial charge in [0.1, 0.15) is 11.6 Å². The lowest BCUT2D eigenvalue weighted by molar-refractivity contribution is 0.00854. The largest absolute Gasteiger partial charge is 0.383 e. The van der Waals surface area contributed by atoms with Gasteiger partial charge in [-0.15, -0.1) is 0 Å². The Morgan fingerprint density at radius 1 is 1.15 bits per heavy atom. The maximum atomic E-state index is 6.09. The van der Waals surface area contributed by atoms with E-state index >= 15 is 0 Å². The number of piperazine rings is 3. The minimum atomic E-state index is -0.0477. The van der Waals surface area contributed by atoms with Crippen molar-refractivity contribution in [3.63, 3.8) is 0 Å². The summed E-state index contributed by atoms with van der Waals surface area (Å²) in [5.74, 6) is 1.43. The molecule has 0 saturated carbocycles. The normalized spacial score (nSPS) is 29.7. The fraction of sp³-hybridized carbons (Fsp3) is 0.714. The number of nitrogens with zero attached hydrogens (tertiary/aromatic N) is 4. The van der Waals surface area contributed by atoms with Crippen molar-refractivity contribution in [2.24, 2.45) is 0 Å². The van der Waals surface area contributed by atoms with Crippen LogP contribution >= 0.6 is 15.9 Å². The Hall–Kier alpha value is -0.720. The Kier molecular flexibility index (Phi) is 3.51. The Morgan fingerprint density at radius 2 is 1.80 bits per heavy atom. The van der Waals surface area contributed by atoms with Gasteiger partial charge >= 0.3 is 0 Å². The molecule has 3 fully saturated rings. The van der Waals surface area contributed by atoms with E-state index in [0.717, 1.165) is 48.7 Å². The van der Waals surface area contributed by atoms with E-state index in [4.69, 9.17) is 10.7 Å². The third-order valence-corrected chi connectivity index (χ3v) is 4.96. The molecular formula is C14H22BrN5. The van der Waals surface area contributed by atoms with E-state index in [1.165, 1.54) is 0 Å². The Morgan fingerprint density at radius 3 is 2.30 bits per heavy atom. The maximum Gasteiger partial charge on any atom is 0.149 e. The minimum Gasteiger partial charge on any atom is -0.383 e. The van der Waals surface area contributed by atoms with Crippen molar-refractivity contribution in [1.82, 2.24) is 19.8 Å². The summed E-state index contributed by atoms with van der Waals surface area (Å²) in [5.41, 5.74) is 7.04. The van der Waals surface area contributed by atoms with Crippen molar-refractivity contribution in [3.8, 4) is 0 Å². The summed E-state index contributed by atoms with van der Waals surface area (Å²) in [6.45, 7) is 12.0. The molecule has 0 amide bonds. The molecule has 110 valence electrons. The zero-order chi connectivity index (χ0) is 14.5. The Bertz CT molecular complexity index is 517. The van der Waals surface area contributed by atoms with Gasteiger partial charge in [-0.25, -0.2) is 9.97 Å². The first kappa shape index (κ1) is 14.2. The van der Waals surface area contributed by atoms with Crippen molar-refractivity contribution >= 4 is 21.7 Å². The zero-order valence-electron chi connectivity index (χ0n) is 12.4. The SMILES string of the molecule is CC(C)(C)c1nc(C2CN3CCN2CC3)nc(N)c1Br. The molecule has 4 heterocycles. The molecule has 0 spiro atoms. The molecule has 0 radical (unpaired) electrons. The zero-order valence-corrected chi connectivity index (χ0v) is 13.9. The third-order valence-electron chi connectivity index (χ3n) is 4.18. The summed E-state index contributed by atoms with van der Waals surface area (Å²) < 4.78 is 0.838. The summed E-state index contributed by atoms with van der Waals surface area (Å²) in [6.07, 6.45) is 0. The van der Waals surface area contributed by atoms with Gasteiger partial charge in [0.25, 0.3) is 0 Å². The smallest absolute Gasteiger partial charge is 0.149 e. The molecule has 20 heavy (non-hydrogen) atoms. The average Bonchev–Trinajstić information content (AvgIpc) is 2.41.